The summed E-state index contributed by atoms with van der Waals surface area (Å²) in [4.78, 5) is 4.41. The third-order valence-electron chi connectivity index (χ3n) is 3.02. The highest BCUT2D eigenvalue weighted by atomic mass is 32.1. The Morgan fingerprint density at radius 2 is 2.25 bits per heavy atom. The average molecular weight is 236 g/mol. The molecule has 0 aliphatic heterocycles. The van der Waals surface area contributed by atoms with Gasteiger partial charge < -0.3 is 10.3 Å². The van der Waals surface area contributed by atoms with Crippen molar-refractivity contribution >= 4 is 16.5 Å². The number of aryl methyl sites for hydroxylation is 1. The summed E-state index contributed by atoms with van der Waals surface area (Å²) >= 11 is 1.26. The summed E-state index contributed by atoms with van der Waals surface area (Å²) < 4.78 is 9.42. The Labute approximate surface area is 96.8 Å². The van der Waals surface area contributed by atoms with Crippen LogP contribution in [0.4, 0.5) is 5.00 Å². The molecule has 1 aliphatic rings. The molecule has 0 saturated heterocycles. The molecule has 1 fully saturated rings. The average Bonchev–Trinajstić information content (AvgIpc) is 2.72. The van der Waals surface area contributed by atoms with Crippen molar-refractivity contribution in [3.05, 3.63) is 11.5 Å². The first-order valence-corrected chi connectivity index (χ1v) is 6.09. The SMILES string of the molecule is Cc1nsc(N)c1-c1nc(C2CCC2)no1. The molecule has 1 aliphatic carbocycles. The molecule has 1 saturated carbocycles. The van der Waals surface area contributed by atoms with E-state index in [2.05, 4.69) is 14.5 Å². The normalized spacial score (nSPS) is 16.3. The summed E-state index contributed by atoms with van der Waals surface area (Å²) in [5.74, 6) is 1.79. The fraction of sp³-hybridized carbons (Fsp3) is 0.500. The minimum atomic E-state index is 0.477. The number of nitrogens with zero attached hydrogens (tertiary/aromatic N) is 3. The number of hydrogen-bond donors (Lipinski definition) is 1. The van der Waals surface area contributed by atoms with Crippen LogP contribution < -0.4 is 5.73 Å². The highest BCUT2D eigenvalue weighted by Gasteiger charge is 2.26. The lowest BCUT2D eigenvalue weighted by Gasteiger charge is -2.20. The van der Waals surface area contributed by atoms with E-state index >= 15 is 0 Å². The summed E-state index contributed by atoms with van der Waals surface area (Å²) in [6.45, 7) is 1.90. The quantitative estimate of drug-likeness (QED) is 0.865. The van der Waals surface area contributed by atoms with Gasteiger partial charge in [-0.05, 0) is 31.3 Å². The minimum Gasteiger partial charge on any atom is -0.389 e. The number of rotatable bonds is 2. The Kier molecular flexibility index (Phi) is 2.17. The molecule has 2 N–H and O–H groups in total. The van der Waals surface area contributed by atoms with Gasteiger partial charge >= 0.3 is 0 Å². The van der Waals surface area contributed by atoms with E-state index in [0.29, 0.717) is 16.8 Å². The van der Waals surface area contributed by atoms with Gasteiger partial charge in [0.05, 0.1) is 11.3 Å². The van der Waals surface area contributed by atoms with Gasteiger partial charge in [-0.15, -0.1) is 0 Å². The molecular weight excluding hydrogens is 224 g/mol. The van der Waals surface area contributed by atoms with E-state index in [4.69, 9.17) is 10.3 Å². The number of anilines is 1. The molecule has 0 spiro atoms. The standard InChI is InChI=1S/C10H12N4OS/c1-5-7(8(11)16-14-5)10-12-9(13-15-10)6-3-2-4-6/h6H,2-4,11H2,1H3. The predicted molar refractivity (Wildman–Crippen MR) is 61.1 cm³/mol. The Balaban J connectivity index is 1.97. The molecule has 2 aromatic rings. The van der Waals surface area contributed by atoms with Crippen LogP contribution in [-0.4, -0.2) is 14.5 Å². The second-order valence-corrected chi connectivity index (χ2v) is 4.90. The first-order chi connectivity index (χ1) is 7.75. The Bertz CT molecular complexity index is 495. The van der Waals surface area contributed by atoms with Gasteiger partial charge in [-0.1, -0.05) is 11.6 Å². The molecule has 0 unspecified atom stereocenters. The summed E-state index contributed by atoms with van der Waals surface area (Å²) in [5.41, 5.74) is 7.48. The van der Waals surface area contributed by atoms with E-state index in [1.54, 1.807) is 0 Å². The van der Waals surface area contributed by atoms with Gasteiger partial charge in [-0.3, -0.25) is 0 Å². The van der Waals surface area contributed by atoms with Crippen LogP contribution in [0.15, 0.2) is 4.52 Å². The maximum Gasteiger partial charge on any atom is 0.262 e. The van der Waals surface area contributed by atoms with Crippen molar-refractivity contribution in [2.24, 2.45) is 0 Å². The molecule has 0 aromatic carbocycles. The van der Waals surface area contributed by atoms with Gasteiger partial charge in [0.15, 0.2) is 5.82 Å². The summed E-state index contributed by atoms with van der Waals surface area (Å²) in [6.07, 6.45) is 3.58. The molecule has 3 rings (SSSR count). The predicted octanol–water partition coefficient (Wildman–Crippen LogP) is 2.35. The van der Waals surface area contributed by atoms with E-state index in [0.717, 1.165) is 29.9 Å². The van der Waals surface area contributed by atoms with Crippen molar-refractivity contribution in [3.63, 3.8) is 0 Å². The van der Waals surface area contributed by atoms with Gasteiger partial charge in [0.2, 0.25) is 0 Å². The molecule has 16 heavy (non-hydrogen) atoms. The van der Waals surface area contributed by atoms with Crippen molar-refractivity contribution in [2.45, 2.75) is 32.1 Å². The molecule has 6 heteroatoms. The maximum absolute atomic E-state index is 5.83. The smallest absolute Gasteiger partial charge is 0.262 e. The van der Waals surface area contributed by atoms with E-state index < -0.39 is 0 Å². The number of aromatic nitrogens is 3. The highest BCUT2D eigenvalue weighted by molar-refractivity contribution is 7.10. The third-order valence-corrected chi connectivity index (χ3v) is 3.78. The van der Waals surface area contributed by atoms with Gasteiger partial charge in [-0.2, -0.15) is 9.36 Å². The molecule has 5 nitrogen and oxygen atoms in total. The molecular formula is C10H12N4OS. The fourth-order valence-electron chi connectivity index (χ4n) is 1.82. The largest absolute Gasteiger partial charge is 0.389 e. The van der Waals surface area contributed by atoms with E-state index in [-0.39, 0.29) is 0 Å². The van der Waals surface area contributed by atoms with E-state index in [1.165, 1.54) is 18.0 Å². The first kappa shape index (κ1) is 9.77. The summed E-state index contributed by atoms with van der Waals surface area (Å²) in [5, 5.41) is 4.65. The molecule has 0 atom stereocenters. The second kappa shape index (κ2) is 3.55. The first-order valence-electron chi connectivity index (χ1n) is 5.31. The zero-order valence-electron chi connectivity index (χ0n) is 8.93. The van der Waals surface area contributed by atoms with Gasteiger partial charge in [0.25, 0.3) is 5.89 Å². The fourth-order valence-corrected chi connectivity index (χ4v) is 2.47. The van der Waals surface area contributed by atoms with Crippen LogP contribution in [0.25, 0.3) is 11.5 Å². The topological polar surface area (TPSA) is 77.8 Å². The summed E-state index contributed by atoms with van der Waals surface area (Å²) in [7, 11) is 0. The van der Waals surface area contributed by atoms with Crippen LogP contribution in [0.1, 0.15) is 36.7 Å². The molecule has 2 aromatic heterocycles. The maximum atomic E-state index is 5.83. The number of nitrogens with two attached hydrogens (primary N) is 1. The molecule has 0 bridgehead atoms. The van der Waals surface area contributed by atoms with Crippen LogP contribution >= 0.6 is 11.5 Å². The lowest BCUT2D eigenvalue weighted by molar-refractivity contribution is 0.366. The Morgan fingerprint density at radius 1 is 1.44 bits per heavy atom. The lowest BCUT2D eigenvalue weighted by Crippen LogP contribution is -2.10. The molecule has 2 heterocycles. The second-order valence-electron chi connectivity index (χ2n) is 4.09. The van der Waals surface area contributed by atoms with Crippen molar-refractivity contribution in [3.8, 4) is 11.5 Å². The van der Waals surface area contributed by atoms with Crippen LogP contribution in [-0.2, 0) is 0 Å². The molecule has 0 radical (unpaired) electrons. The van der Waals surface area contributed by atoms with Crippen LogP contribution in [0, 0.1) is 6.92 Å². The van der Waals surface area contributed by atoms with E-state index in [1.807, 2.05) is 6.92 Å². The third kappa shape index (κ3) is 1.41. The van der Waals surface area contributed by atoms with Crippen LogP contribution in [0.3, 0.4) is 0 Å². The van der Waals surface area contributed by atoms with Gasteiger partial charge in [-0.25, -0.2) is 0 Å². The zero-order valence-corrected chi connectivity index (χ0v) is 9.75. The zero-order chi connectivity index (χ0) is 11.1. The number of hydrogen-bond acceptors (Lipinski definition) is 6. The molecule has 0 amide bonds. The molecule has 84 valence electrons. The Morgan fingerprint density at radius 3 is 2.81 bits per heavy atom. The van der Waals surface area contributed by atoms with Crippen LogP contribution in [0.5, 0.6) is 0 Å². The highest BCUT2D eigenvalue weighted by Crippen LogP contribution is 2.37. The summed E-state index contributed by atoms with van der Waals surface area (Å²) in [6, 6.07) is 0. The van der Waals surface area contributed by atoms with Crippen molar-refractivity contribution in [2.75, 3.05) is 5.73 Å². The van der Waals surface area contributed by atoms with E-state index in [9.17, 15) is 0 Å². The lowest BCUT2D eigenvalue weighted by atomic mass is 9.85. The number of nitrogen functional groups attached to an aromatic ring is 1. The minimum absolute atomic E-state index is 0.477. The van der Waals surface area contributed by atoms with Crippen LogP contribution in [0.2, 0.25) is 0 Å². The van der Waals surface area contributed by atoms with Crippen molar-refractivity contribution in [1.29, 1.82) is 0 Å². The van der Waals surface area contributed by atoms with Crippen molar-refractivity contribution in [1.82, 2.24) is 14.5 Å². The monoisotopic (exact) mass is 236 g/mol. The van der Waals surface area contributed by atoms with Gasteiger partial charge in [0, 0.05) is 5.92 Å². The van der Waals surface area contributed by atoms with Gasteiger partial charge in [0.1, 0.15) is 5.00 Å². The van der Waals surface area contributed by atoms with Crippen molar-refractivity contribution < 1.29 is 4.52 Å². The Hall–Kier alpha value is -1.43.